The number of para-hydroxylation sites is 1. The maximum atomic E-state index is 13.4. The zero-order chi connectivity index (χ0) is 16.3. The Kier molecular flexibility index (Phi) is 2.91. The van der Waals surface area contributed by atoms with Crippen LogP contribution in [0.15, 0.2) is 41.5 Å². The molecule has 0 bridgehead atoms. The van der Waals surface area contributed by atoms with Gasteiger partial charge in [0.05, 0.1) is 11.1 Å². The zero-order valence-corrected chi connectivity index (χ0v) is 14.1. The number of benzene rings is 1. The first-order valence-corrected chi connectivity index (χ1v) is 9.03. The van der Waals surface area contributed by atoms with E-state index in [2.05, 4.69) is 17.1 Å². The SMILES string of the molecule is CC1CCCc2sc3c(c21)c(=O)n(-c1ccccc1)c1nncn31. The Morgan fingerprint density at radius 3 is 2.92 bits per heavy atom. The molecule has 0 N–H and O–H groups in total. The molecule has 0 fully saturated rings. The van der Waals surface area contributed by atoms with E-state index in [4.69, 9.17) is 0 Å². The summed E-state index contributed by atoms with van der Waals surface area (Å²) in [5, 5.41) is 9.12. The van der Waals surface area contributed by atoms with Crippen LogP contribution in [0.5, 0.6) is 0 Å². The van der Waals surface area contributed by atoms with Crippen molar-refractivity contribution in [2.45, 2.75) is 32.1 Å². The largest absolute Gasteiger partial charge is 0.268 e. The van der Waals surface area contributed by atoms with Crippen LogP contribution in [0.2, 0.25) is 0 Å². The molecular formula is C18H16N4OS. The number of rotatable bonds is 1. The van der Waals surface area contributed by atoms with Crippen molar-refractivity contribution in [3.8, 4) is 5.69 Å². The molecule has 1 aliphatic carbocycles. The molecule has 4 aromatic rings. The topological polar surface area (TPSA) is 52.2 Å². The fourth-order valence-corrected chi connectivity index (χ4v) is 5.23. The molecule has 24 heavy (non-hydrogen) atoms. The third-order valence-corrected chi connectivity index (χ3v) is 6.18. The second kappa shape index (κ2) is 5.01. The molecule has 0 aliphatic heterocycles. The zero-order valence-electron chi connectivity index (χ0n) is 13.3. The molecule has 3 aromatic heterocycles. The first-order chi connectivity index (χ1) is 11.8. The van der Waals surface area contributed by atoms with Gasteiger partial charge in [-0.25, -0.2) is 4.57 Å². The summed E-state index contributed by atoms with van der Waals surface area (Å²) >= 11 is 1.73. The Morgan fingerprint density at radius 1 is 1.25 bits per heavy atom. The molecule has 6 heteroatoms. The quantitative estimate of drug-likeness (QED) is 0.534. The highest BCUT2D eigenvalue weighted by atomic mass is 32.1. The fourth-order valence-electron chi connectivity index (χ4n) is 3.81. The molecule has 0 radical (unpaired) electrons. The molecule has 5 rings (SSSR count). The Hall–Kier alpha value is -2.47. The number of aryl methyl sites for hydroxylation is 1. The van der Waals surface area contributed by atoms with Gasteiger partial charge in [-0.1, -0.05) is 25.1 Å². The lowest BCUT2D eigenvalue weighted by Crippen LogP contribution is -2.22. The van der Waals surface area contributed by atoms with Crippen molar-refractivity contribution >= 4 is 27.3 Å². The summed E-state index contributed by atoms with van der Waals surface area (Å²) in [6.07, 6.45) is 5.11. The van der Waals surface area contributed by atoms with Gasteiger partial charge in [0, 0.05) is 4.88 Å². The predicted molar refractivity (Wildman–Crippen MR) is 95.3 cm³/mol. The van der Waals surface area contributed by atoms with Crippen LogP contribution in [0.25, 0.3) is 21.7 Å². The first kappa shape index (κ1) is 13.9. The molecule has 5 nitrogen and oxygen atoms in total. The van der Waals surface area contributed by atoms with Crippen LogP contribution in [0.4, 0.5) is 0 Å². The van der Waals surface area contributed by atoms with Gasteiger partial charge in [0.25, 0.3) is 5.56 Å². The second-order valence-electron chi connectivity index (χ2n) is 6.39. The van der Waals surface area contributed by atoms with E-state index in [1.807, 2.05) is 34.7 Å². The van der Waals surface area contributed by atoms with Gasteiger partial charge < -0.3 is 0 Å². The van der Waals surface area contributed by atoms with Crippen molar-refractivity contribution in [3.63, 3.8) is 0 Å². The molecular weight excluding hydrogens is 320 g/mol. The maximum Gasteiger partial charge on any atom is 0.268 e. The third kappa shape index (κ3) is 1.77. The van der Waals surface area contributed by atoms with Gasteiger partial charge in [0.2, 0.25) is 5.78 Å². The molecule has 0 saturated heterocycles. The molecule has 0 amide bonds. The van der Waals surface area contributed by atoms with Crippen LogP contribution >= 0.6 is 11.3 Å². The minimum atomic E-state index is 0.0166. The summed E-state index contributed by atoms with van der Waals surface area (Å²) in [6, 6.07) is 9.69. The van der Waals surface area contributed by atoms with E-state index in [0.29, 0.717) is 11.7 Å². The van der Waals surface area contributed by atoms with E-state index in [1.54, 1.807) is 22.2 Å². The number of fused-ring (bicyclic) bond motifs is 5. The van der Waals surface area contributed by atoms with Gasteiger partial charge in [0.1, 0.15) is 11.2 Å². The lowest BCUT2D eigenvalue weighted by molar-refractivity contribution is 0.601. The van der Waals surface area contributed by atoms with Crippen molar-refractivity contribution < 1.29 is 0 Å². The minimum Gasteiger partial charge on any atom is -0.268 e. The van der Waals surface area contributed by atoms with Crippen molar-refractivity contribution in [3.05, 3.63) is 57.5 Å². The van der Waals surface area contributed by atoms with Crippen LogP contribution in [0.1, 0.15) is 36.1 Å². The number of thiophene rings is 1. The van der Waals surface area contributed by atoms with E-state index in [9.17, 15) is 4.79 Å². The second-order valence-corrected chi connectivity index (χ2v) is 7.47. The number of aromatic nitrogens is 4. The van der Waals surface area contributed by atoms with E-state index in [-0.39, 0.29) is 5.56 Å². The minimum absolute atomic E-state index is 0.0166. The van der Waals surface area contributed by atoms with Gasteiger partial charge in [0.15, 0.2) is 0 Å². The van der Waals surface area contributed by atoms with Gasteiger partial charge in [-0.15, -0.1) is 21.5 Å². The Labute approximate surface area is 142 Å². The van der Waals surface area contributed by atoms with Gasteiger partial charge >= 0.3 is 0 Å². The Balaban J connectivity index is 2.00. The lowest BCUT2D eigenvalue weighted by Gasteiger charge is -2.18. The Morgan fingerprint density at radius 2 is 2.08 bits per heavy atom. The summed E-state index contributed by atoms with van der Waals surface area (Å²) in [7, 11) is 0. The molecule has 3 heterocycles. The molecule has 1 aliphatic rings. The van der Waals surface area contributed by atoms with Crippen molar-refractivity contribution in [1.29, 1.82) is 0 Å². The van der Waals surface area contributed by atoms with E-state index in [0.717, 1.165) is 28.7 Å². The number of nitrogens with zero attached hydrogens (tertiary/aromatic N) is 4. The molecule has 120 valence electrons. The van der Waals surface area contributed by atoms with Crippen LogP contribution in [-0.2, 0) is 6.42 Å². The maximum absolute atomic E-state index is 13.4. The van der Waals surface area contributed by atoms with Crippen LogP contribution in [-0.4, -0.2) is 19.2 Å². The van der Waals surface area contributed by atoms with E-state index >= 15 is 0 Å². The number of hydrogen-bond donors (Lipinski definition) is 0. The summed E-state index contributed by atoms with van der Waals surface area (Å²) < 4.78 is 3.64. The smallest absolute Gasteiger partial charge is 0.268 e. The van der Waals surface area contributed by atoms with Crippen molar-refractivity contribution in [2.24, 2.45) is 0 Å². The normalized spacial score (nSPS) is 17.5. The van der Waals surface area contributed by atoms with E-state index < -0.39 is 0 Å². The first-order valence-electron chi connectivity index (χ1n) is 8.21. The van der Waals surface area contributed by atoms with Gasteiger partial charge in [-0.05, 0) is 42.9 Å². The fraction of sp³-hybridized carbons (Fsp3) is 0.278. The van der Waals surface area contributed by atoms with Gasteiger partial charge in [-0.3, -0.25) is 9.20 Å². The average Bonchev–Trinajstić information content (AvgIpc) is 3.21. The van der Waals surface area contributed by atoms with Gasteiger partial charge in [-0.2, -0.15) is 0 Å². The van der Waals surface area contributed by atoms with Crippen molar-refractivity contribution in [1.82, 2.24) is 19.2 Å². The molecule has 1 aromatic carbocycles. The van der Waals surface area contributed by atoms with Crippen molar-refractivity contribution in [2.75, 3.05) is 0 Å². The summed E-state index contributed by atoms with van der Waals surface area (Å²) in [6.45, 7) is 2.23. The van der Waals surface area contributed by atoms with Crippen LogP contribution < -0.4 is 5.56 Å². The molecule has 1 atom stereocenters. The summed E-state index contributed by atoms with van der Waals surface area (Å²) in [5.41, 5.74) is 2.08. The molecule has 1 unspecified atom stereocenters. The molecule has 0 spiro atoms. The lowest BCUT2D eigenvalue weighted by atomic mass is 9.88. The van der Waals surface area contributed by atoms with Crippen LogP contribution in [0.3, 0.4) is 0 Å². The average molecular weight is 336 g/mol. The predicted octanol–water partition coefficient (Wildman–Crippen LogP) is 3.53. The highest BCUT2D eigenvalue weighted by molar-refractivity contribution is 7.18. The highest BCUT2D eigenvalue weighted by Crippen LogP contribution is 2.40. The highest BCUT2D eigenvalue weighted by Gasteiger charge is 2.27. The standard InChI is InChI=1S/C18H16N4OS/c1-11-6-5-9-13-14(11)15-16(23)22(12-7-3-2-4-8-12)18-20-19-10-21(18)17(15)24-13/h2-4,7-8,10-11H,5-6,9H2,1H3. The monoisotopic (exact) mass is 336 g/mol. The van der Waals surface area contributed by atoms with E-state index in [1.165, 1.54) is 16.9 Å². The third-order valence-electron chi connectivity index (χ3n) is 4.92. The summed E-state index contributed by atoms with van der Waals surface area (Å²) in [5.74, 6) is 0.998. The van der Waals surface area contributed by atoms with Crippen LogP contribution in [0, 0.1) is 0 Å². The molecule has 0 saturated carbocycles. The summed E-state index contributed by atoms with van der Waals surface area (Å²) in [4.78, 5) is 15.7. The number of hydrogen-bond acceptors (Lipinski definition) is 4. The Bertz CT molecular complexity index is 1120.